The molecule has 2 aromatic carbocycles. The second-order valence-electron chi connectivity index (χ2n) is 6.49. The van der Waals surface area contributed by atoms with Gasteiger partial charge in [-0.25, -0.2) is 0 Å². The van der Waals surface area contributed by atoms with Crippen molar-refractivity contribution in [3.05, 3.63) is 84.2 Å². The van der Waals surface area contributed by atoms with Gasteiger partial charge in [0.25, 0.3) is 0 Å². The number of nitrogens with zero attached hydrogens (tertiary/aromatic N) is 3. The minimum absolute atomic E-state index is 0.0606. The Kier molecular flexibility index (Phi) is 7.03. The molecular weight excluding hydrogens is 368 g/mol. The number of hydrogen-bond acceptors (Lipinski definition) is 4. The molecule has 5 nitrogen and oxygen atoms in total. The monoisotopic (exact) mass is 392 g/mol. The summed E-state index contributed by atoms with van der Waals surface area (Å²) >= 11 is 1.39. The highest BCUT2D eigenvalue weighted by Crippen LogP contribution is 2.19. The topological polar surface area (TPSA) is 59.8 Å². The molecule has 0 aliphatic rings. The first-order valence-electron chi connectivity index (χ1n) is 9.22. The molecule has 3 rings (SSSR count). The Hall–Kier alpha value is -2.86. The summed E-state index contributed by atoms with van der Waals surface area (Å²) in [5, 5.41) is 12.3. The summed E-state index contributed by atoms with van der Waals surface area (Å²) in [6.45, 7) is 6.45. The van der Waals surface area contributed by atoms with Crippen LogP contribution in [-0.4, -0.2) is 26.4 Å². The SMILES string of the molecule is C=CCn1c(CCc2ccccc2)nnc1SCC(=O)Nc1cccc(C)c1. The number of carbonyl (C=O) groups excluding carboxylic acids is 1. The molecule has 0 atom stereocenters. The van der Waals surface area contributed by atoms with E-state index in [4.69, 9.17) is 0 Å². The van der Waals surface area contributed by atoms with Gasteiger partial charge in [0.2, 0.25) is 5.91 Å². The lowest BCUT2D eigenvalue weighted by Gasteiger charge is -2.08. The molecule has 1 aromatic heterocycles. The van der Waals surface area contributed by atoms with Gasteiger partial charge in [-0.3, -0.25) is 4.79 Å². The Morgan fingerprint density at radius 3 is 2.71 bits per heavy atom. The molecule has 1 heterocycles. The van der Waals surface area contributed by atoms with E-state index in [1.807, 2.05) is 60.0 Å². The molecule has 0 bridgehead atoms. The van der Waals surface area contributed by atoms with Gasteiger partial charge in [-0.15, -0.1) is 16.8 Å². The van der Waals surface area contributed by atoms with Gasteiger partial charge < -0.3 is 9.88 Å². The fourth-order valence-corrected chi connectivity index (χ4v) is 3.64. The summed E-state index contributed by atoms with van der Waals surface area (Å²) in [5.41, 5.74) is 3.18. The van der Waals surface area contributed by atoms with Crippen molar-refractivity contribution in [1.29, 1.82) is 0 Å². The van der Waals surface area contributed by atoms with Crippen LogP contribution in [0.15, 0.2) is 72.4 Å². The van der Waals surface area contributed by atoms with E-state index in [0.29, 0.717) is 6.54 Å². The maximum absolute atomic E-state index is 12.3. The van der Waals surface area contributed by atoms with Crippen LogP contribution in [0.25, 0.3) is 0 Å². The summed E-state index contributed by atoms with van der Waals surface area (Å²) in [4.78, 5) is 12.3. The Morgan fingerprint density at radius 2 is 1.96 bits per heavy atom. The number of carbonyl (C=O) groups is 1. The highest BCUT2D eigenvalue weighted by atomic mass is 32.2. The molecule has 0 radical (unpaired) electrons. The zero-order chi connectivity index (χ0) is 19.8. The van der Waals surface area contributed by atoms with Gasteiger partial charge in [0.1, 0.15) is 5.82 Å². The summed E-state index contributed by atoms with van der Waals surface area (Å²) in [7, 11) is 0. The Bertz CT molecular complexity index is 937. The molecule has 1 N–H and O–H groups in total. The number of aromatic nitrogens is 3. The van der Waals surface area contributed by atoms with Crippen molar-refractivity contribution in [3.8, 4) is 0 Å². The summed E-state index contributed by atoms with van der Waals surface area (Å²) in [6.07, 6.45) is 3.52. The normalized spacial score (nSPS) is 10.6. The lowest BCUT2D eigenvalue weighted by atomic mass is 10.1. The number of hydrogen-bond donors (Lipinski definition) is 1. The van der Waals surface area contributed by atoms with Crippen LogP contribution in [0.5, 0.6) is 0 Å². The quantitative estimate of drug-likeness (QED) is 0.436. The average molecular weight is 393 g/mol. The van der Waals surface area contributed by atoms with Crippen molar-refractivity contribution >= 4 is 23.4 Å². The zero-order valence-corrected chi connectivity index (χ0v) is 16.8. The molecule has 0 aliphatic carbocycles. The van der Waals surface area contributed by atoms with Crippen LogP contribution in [0.2, 0.25) is 0 Å². The van der Waals surface area contributed by atoms with E-state index < -0.39 is 0 Å². The van der Waals surface area contributed by atoms with Crippen molar-refractivity contribution < 1.29 is 4.79 Å². The van der Waals surface area contributed by atoms with Gasteiger partial charge in [-0.2, -0.15) is 0 Å². The van der Waals surface area contributed by atoms with Crippen LogP contribution in [0.1, 0.15) is 17.0 Å². The summed E-state index contributed by atoms with van der Waals surface area (Å²) in [5.74, 6) is 1.13. The van der Waals surface area contributed by atoms with Crippen LogP contribution < -0.4 is 5.32 Å². The smallest absolute Gasteiger partial charge is 0.234 e. The van der Waals surface area contributed by atoms with E-state index in [2.05, 4.69) is 34.2 Å². The molecule has 0 spiro atoms. The third-order valence-electron chi connectivity index (χ3n) is 4.22. The number of aryl methyl sites for hydroxylation is 3. The van der Waals surface area contributed by atoms with Crippen LogP contribution in [0.3, 0.4) is 0 Å². The summed E-state index contributed by atoms with van der Waals surface area (Å²) in [6, 6.07) is 18.1. The van der Waals surface area contributed by atoms with Gasteiger partial charge in [-0.1, -0.05) is 60.3 Å². The Balaban J connectivity index is 1.60. The number of allylic oxidation sites excluding steroid dienone is 1. The van der Waals surface area contributed by atoms with E-state index in [9.17, 15) is 4.79 Å². The van der Waals surface area contributed by atoms with Crippen molar-refractivity contribution in [2.24, 2.45) is 0 Å². The second kappa shape index (κ2) is 9.90. The number of benzene rings is 2. The van der Waals surface area contributed by atoms with Crippen molar-refractivity contribution in [2.75, 3.05) is 11.1 Å². The highest BCUT2D eigenvalue weighted by Gasteiger charge is 2.13. The predicted octanol–water partition coefficient (Wildman–Crippen LogP) is 4.29. The molecule has 3 aromatic rings. The van der Waals surface area contributed by atoms with Crippen LogP contribution >= 0.6 is 11.8 Å². The molecule has 144 valence electrons. The second-order valence-corrected chi connectivity index (χ2v) is 7.43. The molecule has 0 unspecified atom stereocenters. The molecule has 0 saturated heterocycles. The van der Waals surface area contributed by atoms with Crippen molar-refractivity contribution in [3.63, 3.8) is 0 Å². The van der Waals surface area contributed by atoms with Crippen LogP contribution in [0.4, 0.5) is 5.69 Å². The first-order valence-corrected chi connectivity index (χ1v) is 10.2. The number of thioether (sulfide) groups is 1. The fourth-order valence-electron chi connectivity index (χ4n) is 2.87. The lowest BCUT2D eigenvalue weighted by Crippen LogP contribution is -2.15. The van der Waals surface area contributed by atoms with Gasteiger partial charge >= 0.3 is 0 Å². The first-order chi connectivity index (χ1) is 13.7. The van der Waals surface area contributed by atoms with Gasteiger partial charge in [0.15, 0.2) is 5.16 Å². The number of nitrogens with one attached hydrogen (secondary N) is 1. The lowest BCUT2D eigenvalue weighted by molar-refractivity contribution is -0.113. The van der Waals surface area contributed by atoms with E-state index >= 15 is 0 Å². The van der Waals surface area contributed by atoms with Crippen LogP contribution in [-0.2, 0) is 24.2 Å². The van der Waals surface area contributed by atoms with Crippen molar-refractivity contribution in [1.82, 2.24) is 14.8 Å². The third-order valence-corrected chi connectivity index (χ3v) is 5.19. The molecular formula is C22H24N4OS. The maximum atomic E-state index is 12.3. The molecule has 0 fully saturated rings. The summed E-state index contributed by atoms with van der Waals surface area (Å²) < 4.78 is 2.03. The molecule has 0 saturated carbocycles. The minimum atomic E-state index is -0.0606. The molecule has 28 heavy (non-hydrogen) atoms. The predicted molar refractivity (Wildman–Crippen MR) is 115 cm³/mol. The third kappa shape index (κ3) is 5.57. The zero-order valence-electron chi connectivity index (χ0n) is 16.0. The fraction of sp³-hybridized carbons (Fsp3) is 0.227. The molecule has 1 amide bonds. The number of amides is 1. The highest BCUT2D eigenvalue weighted by molar-refractivity contribution is 7.99. The van der Waals surface area contributed by atoms with E-state index in [1.165, 1.54) is 17.3 Å². The van der Waals surface area contributed by atoms with Gasteiger partial charge in [0, 0.05) is 18.7 Å². The van der Waals surface area contributed by atoms with E-state index in [1.54, 1.807) is 0 Å². The maximum Gasteiger partial charge on any atom is 0.234 e. The standard InChI is InChI=1S/C22H24N4OS/c1-3-14-26-20(13-12-18-9-5-4-6-10-18)24-25-22(26)28-16-21(27)23-19-11-7-8-17(2)15-19/h3-11,15H,1,12-14,16H2,2H3,(H,23,27). The Morgan fingerprint density at radius 1 is 1.14 bits per heavy atom. The van der Waals surface area contributed by atoms with E-state index in [-0.39, 0.29) is 11.7 Å². The number of anilines is 1. The van der Waals surface area contributed by atoms with Crippen LogP contribution in [0, 0.1) is 6.92 Å². The minimum Gasteiger partial charge on any atom is -0.325 e. The largest absolute Gasteiger partial charge is 0.325 e. The van der Waals surface area contributed by atoms with Gasteiger partial charge in [-0.05, 0) is 36.6 Å². The number of rotatable bonds is 9. The van der Waals surface area contributed by atoms with Gasteiger partial charge in [0.05, 0.1) is 5.75 Å². The molecule has 0 aliphatic heterocycles. The first kappa shape index (κ1) is 19.9. The van der Waals surface area contributed by atoms with Crippen molar-refractivity contribution in [2.45, 2.75) is 31.5 Å². The van der Waals surface area contributed by atoms with E-state index in [0.717, 1.165) is 35.1 Å². The average Bonchev–Trinajstić information content (AvgIpc) is 3.08. The Labute approximate surface area is 169 Å². The molecule has 6 heteroatoms.